The molecule has 0 aliphatic carbocycles. The average Bonchev–Trinajstić information content (AvgIpc) is 2.36. The van der Waals surface area contributed by atoms with E-state index in [2.05, 4.69) is 10.1 Å². The number of alkyl halides is 2. The van der Waals surface area contributed by atoms with Crippen molar-refractivity contribution < 1.29 is 28.2 Å². The van der Waals surface area contributed by atoms with Crippen molar-refractivity contribution >= 4 is 12.0 Å². The number of ether oxygens (including phenoxy) is 1. The lowest BCUT2D eigenvalue weighted by molar-refractivity contribution is -0.143. The Hall–Kier alpha value is -1.44. The van der Waals surface area contributed by atoms with Gasteiger partial charge in [0.05, 0.1) is 12.5 Å². The monoisotopic (exact) mass is 294 g/mol. The first kappa shape index (κ1) is 16.6. The van der Waals surface area contributed by atoms with Gasteiger partial charge in [-0.2, -0.15) is 8.78 Å². The van der Waals surface area contributed by atoms with Gasteiger partial charge in [0.15, 0.2) is 0 Å². The van der Waals surface area contributed by atoms with Crippen LogP contribution in [0.3, 0.4) is 0 Å². The molecule has 2 N–H and O–H groups in total. The molecule has 1 fully saturated rings. The number of hydrogen-bond donors (Lipinski definition) is 2. The summed E-state index contributed by atoms with van der Waals surface area (Å²) in [7, 11) is 0. The highest BCUT2D eigenvalue weighted by Gasteiger charge is 2.31. The summed E-state index contributed by atoms with van der Waals surface area (Å²) in [4.78, 5) is 24.3. The third-order valence-corrected chi connectivity index (χ3v) is 3.14. The summed E-state index contributed by atoms with van der Waals surface area (Å²) >= 11 is 0. The molecule has 1 aliphatic heterocycles. The third kappa shape index (κ3) is 5.68. The Morgan fingerprint density at radius 2 is 2.15 bits per heavy atom. The van der Waals surface area contributed by atoms with Crippen LogP contribution in [0.5, 0.6) is 0 Å². The second kappa shape index (κ2) is 7.98. The van der Waals surface area contributed by atoms with Crippen molar-refractivity contribution in [2.75, 3.05) is 26.2 Å². The van der Waals surface area contributed by atoms with Crippen LogP contribution >= 0.6 is 0 Å². The van der Waals surface area contributed by atoms with E-state index in [-0.39, 0.29) is 38.1 Å². The molecule has 0 aromatic heterocycles. The zero-order valence-corrected chi connectivity index (χ0v) is 11.3. The number of hydrogen-bond acceptors (Lipinski definition) is 3. The smallest absolute Gasteiger partial charge is 0.345 e. The highest BCUT2D eigenvalue weighted by molar-refractivity contribution is 5.76. The molecular weight excluding hydrogens is 274 g/mol. The Kier molecular flexibility index (Phi) is 6.63. The lowest BCUT2D eigenvalue weighted by Gasteiger charge is -2.34. The molecule has 0 bridgehead atoms. The standard InChI is InChI=1S/C12H20F2N2O4/c1-8-5-9(10(17)18)7-16(6-8)12(19)15-3-2-4-20-11(13)14/h8-9,11H,2-7H2,1H3,(H,15,19)(H,17,18). The van der Waals surface area contributed by atoms with Crippen LogP contribution in [0.4, 0.5) is 13.6 Å². The van der Waals surface area contributed by atoms with Gasteiger partial charge >= 0.3 is 18.6 Å². The van der Waals surface area contributed by atoms with E-state index in [0.717, 1.165) is 0 Å². The minimum atomic E-state index is -2.80. The van der Waals surface area contributed by atoms with Crippen LogP contribution in [-0.2, 0) is 9.53 Å². The van der Waals surface area contributed by atoms with E-state index in [1.54, 1.807) is 0 Å². The van der Waals surface area contributed by atoms with E-state index in [4.69, 9.17) is 5.11 Å². The summed E-state index contributed by atoms with van der Waals surface area (Å²) < 4.78 is 27.5. The SMILES string of the molecule is CC1CC(C(=O)O)CN(C(=O)NCCCOC(F)F)C1. The highest BCUT2D eigenvalue weighted by atomic mass is 19.3. The fraction of sp³-hybridized carbons (Fsp3) is 0.833. The van der Waals surface area contributed by atoms with Gasteiger partial charge in [-0.05, 0) is 18.8 Å². The largest absolute Gasteiger partial charge is 0.481 e. The molecule has 6 nitrogen and oxygen atoms in total. The van der Waals surface area contributed by atoms with Crippen molar-refractivity contribution in [3.63, 3.8) is 0 Å². The number of likely N-dealkylation sites (tertiary alicyclic amines) is 1. The summed E-state index contributed by atoms with van der Waals surface area (Å²) in [6, 6.07) is -0.361. The van der Waals surface area contributed by atoms with Gasteiger partial charge in [0, 0.05) is 19.6 Å². The summed E-state index contributed by atoms with van der Waals surface area (Å²) in [5.74, 6) is -1.33. The lowest BCUT2D eigenvalue weighted by Crippen LogP contribution is -2.49. The molecule has 20 heavy (non-hydrogen) atoms. The number of carbonyl (C=O) groups is 2. The first-order valence-corrected chi connectivity index (χ1v) is 6.55. The topological polar surface area (TPSA) is 78.9 Å². The number of nitrogens with zero attached hydrogens (tertiary/aromatic N) is 1. The summed E-state index contributed by atoms with van der Waals surface area (Å²) in [5, 5.41) is 11.6. The summed E-state index contributed by atoms with van der Waals surface area (Å²) in [6.45, 7) is -0.140. The van der Waals surface area contributed by atoms with Crippen LogP contribution < -0.4 is 5.32 Å². The van der Waals surface area contributed by atoms with E-state index >= 15 is 0 Å². The number of urea groups is 1. The van der Waals surface area contributed by atoms with Crippen LogP contribution in [-0.4, -0.2) is 54.9 Å². The predicted molar refractivity (Wildman–Crippen MR) is 66.5 cm³/mol. The molecule has 0 radical (unpaired) electrons. The molecule has 116 valence electrons. The molecule has 1 rings (SSSR count). The number of nitrogens with one attached hydrogen (secondary N) is 1. The van der Waals surface area contributed by atoms with E-state index < -0.39 is 18.5 Å². The fourth-order valence-corrected chi connectivity index (χ4v) is 2.25. The second-order valence-electron chi connectivity index (χ2n) is 5.00. The van der Waals surface area contributed by atoms with Crippen molar-refractivity contribution in [3.8, 4) is 0 Å². The number of piperidine rings is 1. The number of aliphatic carboxylic acids is 1. The quantitative estimate of drug-likeness (QED) is 0.725. The van der Waals surface area contributed by atoms with Gasteiger partial charge in [-0.1, -0.05) is 6.92 Å². The first-order valence-electron chi connectivity index (χ1n) is 6.55. The van der Waals surface area contributed by atoms with Gasteiger partial charge in [0.25, 0.3) is 0 Å². The van der Waals surface area contributed by atoms with E-state index in [9.17, 15) is 18.4 Å². The zero-order valence-electron chi connectivity index (χ0n) is 11.3. The van der Waals surface area contributed by atoms with E-state index in [1.807, 2.05) is 6.92 Å². The van der Waals surface area contributed by atoms with Crippen LogP contribution in [0.1, 0.15) is 19.8 Å². The van der Waals surface area contributed by atoms with Crippen LogP contribution in [0, 0.1) is 11.8 Å². The average molecular weight is 294 g/mol. The van der Waals surface area contributed by atoms with Crippen molar-refractivity contribution in [2.45, 2.75) is 26.4 Å². The van der Waals surface area contributed by atoms with Gasteiger partial charge < -0.3 is 20.1 Å². The van der Waals surface area contributed by atoms with Gasteiger partial charge in [0.2, 0.25) is 0 Å². The molecule has 2 amide bonds. The van der Waals surface area contributed by atoms with Crippen molar-refractivity contribution in [1.82, 2.24) is 10.2 Å². The Labute approximate surface area is 116 Å². The highest BCUT2D eigenvalue weighted by Crippen LogP contribution is 2.21. The summed E-state index contributed by atoms with van der Waals surface area (Å²) in [6.07, 6.45) is 0.836. The molecule has 1 saturated heterocycles. The molecule has 0 aromatic carbocycles. The van der Waals surface area contributed by atoms with Gasteiger partial charge in [0.1, 0.15) is 0 Å². The molecule has 8 heteroatoms. The van der Waals surface area contributed by atoms with Crippen molar-refractivity contribution in [1.29, 1.82) is 0 Å². The number of carbonyl (C=O) groups excluding carboxylic acids is 1. The Bertz CT molecular complexity index is 341. The first-order chi connectivity index (χ1) is 9.40. The molecule has 1 aliphatic rings. The predicted octanol–water partition coefficient (Wildman–Crippen LogP) is 1.37. The Morgan fingerprint density at radius 1 is 1.45 bits per heavy atom. The molecule has 0 saturated carbocycles. The zero-order chi connectivity index (χ0) is 15.1. The molecule has 0 spiro atoms. The van der Waals surface area contributed by atoms with E-state index in [1.165, 1.54) is 4.90 Å². The number of halogens is 2. The minimum Gasteiger partial charge on any atom is -0.481 e. The maximum Gasteiger partial charge on any atom is 0.345 e. The van der Waals surface area contributed by atoms with Crippen molar-refractivity contribution in [2.24, 2.45) is 11.8 Å². The van der Waals surface area contributed by atoms with Crippen LogP contribution in [0.15, 0.2) is 0 Å². The lowest BCUT2D eigenvalue weighted by atomic mass is 9.91. The normalized spacial score (nSPS) is 22.9. The summed E-state index contributed by atoms with van der Waals surface area (Å²) in [5.41, 5.74) is 0. The third-order valence-electron chi connectivity index (χ3n) is 3.14. The molecule has 2 atom stereocenters. The number of carboxylic acids is 1. The van der Waals surface area contributed by atoms with Gasteiger partial charge in [-0.3, -0.25) is 4.79 Å². The fourth-order valence-electron chi connectivity index (χ4n) is 2.25. The number of rotatable bonds is 6. The van der Waals surface area contributed by atoms with Gasteiger partial charge in [-0.25, -0.2) is 4.79 Å². The van der Waals surface area contributed by atoms with Crippen molar-refractivity contribution in [3.05, 3.63) is 0 Å². The number of amides is 2. The Balaban J connectivity index is 2.29. The van der Waals surface area contributed by atoms with Crippen LogP contribution in [0.25, 0.3) is 0 Å². The molecular formula is C12H20F2N2O4. The second-order valence-corrected chi connectivity index (χ2v) is 5.00. The maximum absolute atomic E-state index is 11.8. The molecule has 1 heterocycles. The Morgan fingerprint density at radius 3 is 2.75 bits per heavy atom. The minimum absolute atomic E-state index is 0.123. The maximum atomic E-state index is 11.8. The van der Waals surface area contributed by atoms with E-state index in [0.29, 0.717) is 13.0 Å². The molecule has 0 aromatic rings. The van der Waals surface area contributed by atoms with Gasteiger partial charge in [-0.15, -0.1) is 0 Å². The number of carboxylic acid groups (broad SMARTS) is 1. The molecule has 2 unspecified atom stereocenters. The van der Waals surface area contributed by atoms with Crippen LogP contribution in [0.2, 0.25) is 0 Å².